The summed E-state index contributed by atoms with van der Waals surface area (Å²) < 4.78 is 15.7. The van der Waals surface area contributed by atoms with Gasteiger partial charge in [-0.25, -0.2) is 4.79 Å². The number of hydrogen-bond acceptors (Lipinski definition) is 4. The van der Waals surface area contributed by atoms with Gasteiger partial charge in [-0.05, 0) is 30.2 Å². The predicted molar refractivity (Wildman–Crippen MR) is 74.4 cm³/mol. The lowest BCUT2D eigenvalue weighted by atomic mass is 10.0. The second-order valence-electron chi connectivity index (χ2n) is 4.58. The van der Waals surface area contributed by atoms with E-state index >= 15 is 0 Å². The van der Waals surface area contributed by atoms with Gasteiger partial charge in [-0.3, -0.25) is 0 Å². The summed E-state index contributed by atoms with van der Waals surface area (Å²) >= 11 is 0. The second-order valence-corrected chi connectivity index (χ2v) is 4.58. The largest absolute Gasteiger partial charge is 0.497 e. The van der Waals surface area contributed by atoms with Crippen molar-refractivity contribution >= 4 is 6.03 Å². The third-order valence-corrected chi connectivity index (χ3v) is 3.10. The van der Waals surface area contributed by atoms with Gasteiger partial charge in [-0.15, -0.1) is 0 Å². The summed E-state index contributed by atoms with van der Waals surface area (Å²) in [5.74, 6) is 1.64. The van der Waals surface area contributed by atoms with Crippen LogP contribution in [-0.2, 0) is 11.2 Å². The molecule has 0 bridgehead atoms. The fourth-order valence-electron chi connectivity index (χ4n) is 2.09. The van der Waals surface area contributed by atoms with Crippen LogP contribution < -0.4 is 20.1 Å². The van der Waals surface area contributed by atoms with Crippen LogP contribution in [0.3, 0.4) is 0 Å². The molecule has 6 nitrogen and oxygen atoms in total. The van der Waals surface area contributed by atoms with Crippen molar-refractivity contribution in [3.05, 3.63) is 23.8 Å². The Balaban J connectivity index is 1.88. The number of methoxy groups -OCH3 is 2. The second kappa shape index (κ2) is 7.00. The molecule has 6 heteroatoms. The third kappa shape index (κ3) is 3.77. The molecule has 20 heavy (non-hydrogen) atoms. The SMILES string of the molecule is COCCNC(=O)N[C@@H]1COc2ccc(OC)cc2C1. The highest BCUT2D eigenvalue weighted by Crippen LogP contribution is 2.28. The van der Waals surface area contributed by atoms with Gasteiger partial charge in [0, 0.05) is 13.7 Å². The maximum Gasteiger partial charge on any atom is 0.315 e. The number of rotatable bonds is 5. The van der Waals surface area contributed by atoms with Crippen LogP contribution in [0, 0.1) is 0 Å². The summed E-state index contributed by atoms with van der Waals surface area (Å²) in [6.07, 6.45) is 0.726. The van der Waals surface area contributed by atoms with E-state index in [4.69, 9.17) is 14.2 Å². The zero-order valence-electron chi connectivity index (χ0n) is 11.8. The van der Waals surface area contributed by atoms with E-state index in [0.717, 1.165) is 23.5 Å². The molecule has 0 saturated heterocycles. The molecule has 110 valence electrons. The summed E-state index contributed by atoms with van der Waals surface area (Å²) in [5.41, 5.74) is 1.04. The van der Waals surface area contributed by atoms with E-state index in [1.807, 2.05) is 18.2 Å². The molecule has 1 aliphatic rings. The molecule has 0 spiro atoms. The van der Waals surface area contributed by atoms with Crippen LogP contribution in [0.15, 0.2) is 18.2 Å². The lowest BCUT2D eigenvalue weighted by molar-refractivity contribution is 0.191. The van der Waals surface area contributed by atoms with Crippen molar-refractivity contribution in [1.82, 2.24) is 10.6 Å². The zero-order chi connectivity index (χ0) is 14.4. The third-order valence-electron chi connectivity index (χ3n) is 3.10. The number of amides is 2. The Labute approximate surface area is 118 Å². The Morgan fingerprint density at radius 2 is 2.30 bits per heavy atom. The van der Waals surface area contributed by atoms with Crippen molar-refractivity contribution in [2.45, 2.75) is 12.5 Å². The van der Waals surface area contributed by atoms with Gasteiger partial charge in [0.05, 0.1) is 19.8 Å². The summed E-state index contributed by atoms with van der Waals surface area (Å²) in [6.45, 7) is 1.45. The highest BCUT2D eigenvalue weighted by molar-refractivity contribution is 5.74. The van der Waals surface area contributed by atoms with Crippen molar-refractivity contribution < 1.29 is 19.0 Å². The molecule has 0 aliphatic carbocycles. The molecule has 1 atom stereocenters. The lowest BCUT2D eigenvalue weighted by Crippen LogP contribution is -2.47. The maximum atomic E-state index is 11.7. The first kappa shape index (κ1) is 14.5. The Morgan fingerprint density at radius 1 is 1.45 bits per heavy atom. The quantitative estimate of drug-likeness (QED) is 0.788. The number of hydrogen-bond donors (Lipinski definition) is 2. The van der Waals surface area contributed by atoms with Crippen LogP contribution >= 0.6 is 0 Å². The van der Waals surface area contributed by atoms with Gasteiger partial charge in [-0.1, -0.05) is 0 Å². The van der Waals surface area contributed by atoms with Gasteiger partial charge in [-0.2, -0.15) is 0 Å². The first-order valence-corrected chi connectivity index (χ1v) is 6.56. The Bertz CT molecular complexity index is 464. The molecule has 0 unspecified atom stereocenters. The van der Waals surface area contributed by atoms with Crippen LogP contribution in [0.25, 0.3) is 0 Å². The summed E-state index contributed by atoms with van der Waals surface area (Å²) in [7, 11) is 3.23. The van der Waals surface area contributed by atoms with E-state index in [2.05, 4.69) is 10.6 Å². The number of carbonyl (C=O) groups excluding carboxylic acids is 1. The Morgan fingerprint density at radius 3 is 3.05 bits per heavy atom. The first-order chi connectivity index (χ1) is 9.72. The molecule has 2 N–H and O–H groups in total. The smallest absolute Gasteiger partial charge is 0.315 e. The molecule has 0 saturated carbocycles. The van der Waals surface area contributed by atoms with Crippen molar-refractivity contribution in [3.63, 3.8) is 0 Å². The molecular formula is C14H20N2O4. The maximum absolute atomic E-state index is 11.7. The van der Waals surface area contributed by atoms with E-state index < -0.39 is 0 Å². The fraction of sp³-hybridized carbons (Fsp3) is 0.500. The summed E-state index contributed by atoms with van der Waals surface area (Å²) in [6, 6.07) is 5.44. The topological polar surface area (TPSA) is 68.8 Å². The molecule has 2 rings (SSSR count). The molecule has 0 fully saturated rings. The van der Waals surface area contributed by atoms with Crippen LogP contribution in [0.4, 0.5) is 4.79 Å². The molecule has 1 aliphatic heterocycles. The van der Waals surface area contributed by atoms with Gasteiger partial charge >= 0.3 is 6.03 Å². The number of urea groups is 1. The van der Waals surface area contributed by atoms with Gasteiger partial charge in [0.2, 0.25) is 0 Å². The monoisotopic (exact) mass is 280 g/mol. The van der Waals surface area contributed by atoms with Crippen molar-refractivity contribution in [2.75, 3.05) is 34.0 Å². The van der Waals surface area contributed by atoms with Crippen LogP contribution in [0.5, 0.6) is 11.5 Å². The number of carbonyl (C=O) groups is 1. The molecule has 2 amide bonds. The highest BCUT2D eigenvalue weighted by atomic mass is 16.5. The predicted octanol–water partition coefficient (Wildman–Crippen LogP) is 0.944. The molecular weight excluding hydrogens is 260 g/mol. The van der Waals surface area contributed by atoms with Gasteiger partial charge in [0.15, 0.2) is 0 Å². The normalized spacial score (nSPS) is 16.8. The van der Waals surface area contributed by atoms with Crippen molar-refractivity contribution in [1.29, 1.82) is 0 Å². The number of nitrogens with one attached hydrogen (secondary N) is 2. The van der Waals surface area contributed by atoms with Crippen molar-refractivity contribution in [2.24, 2.45) is 0 Å². The molecule has 1 aromatic carbocycles. The molecule has 0 aromatic heterocycles. The minimum atomic E-state index is -0.206. The summed E-state index contributed by atoms with van der Waals surface area (Å²) in [5, 5.41) is 5.61. The van der Waals surface area contributed by atoms with E-state index in [9.17, 15) is 4.79 Å². The number of benzene rings is 1. The average molecular weight is 280 g/mol. The highest BCUT2D eigenvalue weighted by Gasteiger charge is 2.21. The zero-order valence-corrected chi connectivity index (χ0v) is 11.8. The van der Waals surface area contributed by atoms with Gasteiger partial charge < -0.3 is 24.8 Å². The summed E-state index contributed by atoms with van der Waals surface area (Å²) in [4.78, 5) is 11.7. The van der Waals surface area contributed by atoms with Crippen LogP contribution in [-0.4, -0.2) is 46.1 Å². The standard InChI is InChI=1S/C14H20N2O4/c1-18-6-5-15-14(17)16-11-7-10-8-12(19-2)3-4-13(10)20-9-11/h3-4,8,11H,5-7,9H2,1-2H3,(H2,15,16,17)/t11-/m0/s1. The number of fused-ring (bicyclic) bond motifs is 1. The Kier molecular flexibility index (Phi) is 5.06. The Hall–Kier alpha value is -1.95. The van der Waals surface area contributed by atoms with E-state index in [0.29, 0.717) is 19.8 Å². The molecule has 0 radical (unpaired) electrons. The lowest BCUT2D eigenvalue weighted by Gasteiger charge is -2.26. The minimum absolute atomic E-state index is 0.0443. The van der Waals surface area contributed by atoms with Crippen LogP contribution in [0.1, 0.15) is 5.56 Å². The van der Waals surface area contributed by atoms with Crippen LogP contribution in [0.2, 0.25) is 0 Å². The first-order valence-electron chi connectivity index (χ1n) is 6.56. The van der Waals surface area contributed by atoms with Crippen molar-refractivity contribution in [3.8, 4) is 11.5 Å². The van der Waals surface area contributed by atoms with Gasteiger partial charge in [0.25, 0.3) is 0 Å². The average Bonchev–Trinajstić information content (AvgIpc) is 2.46. The molecule has 1 aromatic rings. The minimum Gasteiger partial charge on any atom is -0.497 e. The fourth-order valence-corrected chi connectivity index (χ4v) is 2.09. The molecule has 1 heterocycles. The van der Waals surface area contributed by atoms with E-state index in [1.54, 1.807) is 14.2 Å². The van der Waals surface area contributed by atoms with Gasteiger partial charge in [0.1, 0.15) is 18.1 Å². The van der Waals surface area contributed by atoms with E-state index in [-0.39, 0.29) is 12.1 Å². The number of ether oxygens (including phenoxy) is 3. The van der Waals surface area contributed by atoms with E-state index in [1.165, 1.54) is 0 Å².